The second kappa shape index (κ2) is 8.79. The SMILES string of the molecule is CC1(Oc2ccc(Cl)cc2)CCN(CCn2c(=O)ccc3cccc(C(F)(F)F)c32)CC1. The zero-order chi connectivity index (χ0) is 22.9. The van der Waals surface area contributed by atoms with Gasteiger partial charge in [0.2, 0.25) is 0 Å². The van der Waals surface area contributed by atoms with Crippen molar-refractivity contribution in [2.45, 2.75) is 38.1 Å². The Bertz CT molecular complexity index is 1150. The van der Waals surface area contributed by atoms with Gasteiger partial charge in [-0.2, -0.15) is 13.2 Å². The molecule has 0 amide bonds. The molecule has 0 radical (unpaired) electrons. The van der Waals surface area contributed by atoms with Gasteiger partial charge in [0, 0.05) is 37.3 Å². The Hall–Kier alpha value is -2.51. The molecule has 1 saturated heterocycles. The smallest absolute Gasteiger partial charge is 0.418 e. The van der Waals surface area contributed by atoms with Gasteiger partial charge in [-0.3, -0.25) is 4.79 Å². The molecule has 2 heterocycles. The van der Waals surface area contributed by atoms with Crippen LogP contribution in [0.3, 0.4) is 0 Å². The summed E-state index contributed by atoms with van der Waals surface area (Å²) in [5.41, 5.74) is -1.60. The van der Waals surface area contributed by atoms with Crippen molar-refractivity contribution in [2.75, 3.05) is 19.6 Å². The summed E-state index contributed by atoms with van der Waals surface area (Å²) in [4.78, 5) is 14.6. The van der Waals surface area contributed by atoms with Gasteiger partial charge in [0.1, 0.15) is 11.4 Å². The van der Waals surface area contributed by atoms with Gasteiger partial charge in [0.25, 0.3) is 5.56 Å². The maximum absolute atomic E-state index is 13.6. The van der Waals surface area contributed by atoms with Crippen LogP contribution in [0.5, 0.6) is 5.75 Å². The van der Waals surface area contributed by atoms with Crippen molar-refractivity contribution in [2.24, 2.45) is 0 Å². The summed E-state index contributed by atoms with van der Waals surface area (Å²) in [6.07, 6.45) is -2.98. The van der Waals surface area contributed by atoms with E-state index in [0.29, 0.717) is 17.0 Å². The van der Waals surface area contributed by atoms with Gasteiger partial charge in [-0.05, 0) is 61.5 Å². The van der Waals surface area contributed by atoms with Gasteiger partial charge in [-0.15, -0.1) is 0 Å². The topological polar surface area (TPSA) is 34.5 Å². The first-order chi connectivity index (χ1) is 15.1. The Morgan fingerprint density at radius 2 is 1.69 bits per heavy atom. The average molecular weight is 465 g/mol. The molecule has 4 rings (SSSR count). The number of hydrogen-bond donors (Lipinski definition) is 0. The number of para-hydroxylation sites is 1. The normalized spacial score (nSPS) is 16.9. The maximum atomic E-state index is 13.6. The maximum Gasteiger partial charge on any atom is 0.418 e. The number of halogens is 4. The van der Waals surface area contributed by atoms with Gasteiger partial charge in [0.15, 0.2) is 0 Å². The van der Waals surface area contributed by atoms with Gasteiger partial charge in [-0.25, -0.2) is 0 Å². The van der Waals surface area contributed by atoms with Crippen molar-refractivity contribution < 1.29 is 17.9 Å². The van der Waals surface area contributed by atoms with Crippen molar-refractivity contribution in [1.82, 2.24) is 9.47 Å². The van der Waals surface area contributed by atoms with Crippen LogP contribution in [0.4, 0.5) is 13.2 Å². The van der Waals surface area contributed by atoms with Gasteiger partial charge < -0.3 is 14.2 Å². The van der Waals surface area contributed by atoms with Gasteiger partial charge in [0.05, 0.1) is 11.1 Å². The third kappa shape index (κ3) is 4.94. The number of alkyl halides is 3. The molecule has 2 aromatic carbocycles. The molecule has 3 aromatic rings. The summed E-state index contributed by atoms with van der Waals surface area (Å²) < 4.78 is 48.1. The molecule has 32 heavy (non-hydrogen) atoms. The van der Waals surface area contributed by atoms with Gasteiger partial charge >= 0.3 is 6.18 Å². The number of benzene rings is 2. The van der Waals surface area contributed by atoms with E-state index in [9.17, 15) is 18.0 Å². The molecule has 0 aliphatic carbocycles. The number of likely N-dealkylation sites (tertiary alicyclic amines) is 1. The molecular weight excluding hydrogens is 441 g/mol. The molecule has 0 spiro atoms. The van der Waals surface area contributed by atoms with Crippen molar-refractivity contribution in [3.8, 4) is 5.75 Å². The number of hydrogen-bond acceptors (Lipinski definition) is 3. The first-order valence-electron chi connectivity index (χ1n) is 10.5. The molecule has 170 valence electrons. The molecule has 1 fully saturated rings. The molecule has 1 aliphatic rings. The molecule has 8 heteroatoms. The van der Waals surface area contributed by atoms with Crippen LogP contribution in [-0.4, -0.2) is 34.7 Å². The lowest BCUT2D eigenvalue weighted by molar-refractivity contribution is -0.136. The van der Waals surface area contributed by atoms with E-state index in [4.69, 9.17) is 16.3 Å². The average Bonchev–Trinajstić information content (AvgIpc) is 2.75. The highest BCUT2D eigenvalue weighted by Crippen LogP contribution is 2.34. The first kappa shape index (κ1) is 22.7. The summed E-state index contributed by atoms with van der Waals surface area (Å²) in [7, 11) is 0. The van der Waals surface area contributed by atoms with E-state index < -0.39 is 17.3 Å². The number of aromatic nitrogens is 1. The van der Waals surface area contributed by atoms with Crippen LogP contribution < -0.4 is 10.3 Å². The lowest BCUT2D eigenvalue weighted by atomic mass is 9.93. The number of rotatable bonds is 5. The zero-order valence-corrected chi connectivity index (χ0v) is 18.4. The molecule has 0 bridgehead atoms. The van der Waals surface area contributed by atoms with E-state index in [2.05, 4.69) is 11.8 Å². The van der Waals surface area contributed by atoms with Crippen LogP contribution in [0.2, 0.25) is 5.02 Å². The Balaban J connectivity index is 1.45. The molecule has 0 atom stereocenters. The monoisotopic (exact) mass is 464 g/mol. The quantitative estimate of drug-likeness (QED) is 0.492. The van der Waals surface area contributed by atoms with Crippen molar-refractivity contribution in [3.63, 3.8) is 0 Å². The third-order valence-corrected chi connectivity index (χ3v) is 6.30. The fourth-order valence-corrected chi connectivity index (χ4v) is 4.32. The largest absolute Gasteiger partial charge is 0.487 e. The Morgan fingerprint density at radius 1 is 1.00 bits per heavy atom. The highest BCUT2D eigenvalue weighted by Gasteiger charge is 2.34. The van der Waals surface area contributed by atoms with Crippen LogP contribution in [0.15, 0.2) is 59.4 Å². The second-order valence-electron chi connectivity index (χ2n) is 8.41. The van der Waals surface area contributed by atoms with Crippen molar-refractivity contribution in [3.05, 3.63) is 75.5 Å². The molecule has 1 aliphatic heterocycles. The summed E-state index contributed by atoms with van der Waals surface area (Å²) in [6, 6.07) is 14.0. The second-order valence-corrected chi connectivity index (χ2v) is 8.85. The molecular formula is C24H24ClF3N2O2. The van der Waals surface area contributed by atoms with E-state index in [1.54, 1.807) is 18.2 Å². The van der Waals surface area contributed by atoms with E-state index in [-0.39, 0.29) is 17.7 Å². The van der Waals surface area contributed by atoms with Crippen LogP contribution in [0, 0.1) is 0 Å². The molecule has 0 saturated carbocycles. The minimum atomic E-state index is -4.53. The van der Waals surface area contributed by atoms with E-state index in [1.165, 1.54) is 22.8 Å². The minimum Gasteiger partial charge on any atom is -0.487 e. The summed E-state index contributed by atoms with van der Waals surface area (Å²) >= 11 is 5.93. The fourth-order valence-electron chi connectivity index (χ4n) is 4.19. The minimum absolute atomic E-state index is 0.0552. The lowest BCUT2D eigenvalue weighted by Crippen LogP contribution is -2.47. The molecule has 0 N–H and O–H groups in total. The van der Waals surface area contributed by atoms with Crippen molar-refractivity contribution in [1.29, 1.82) is 0 Å². The van der Waals surface area contributed by atoms with Crippen LogP contribution >= 0.6 is 11.6 Å². The molecule has 0 unspecified atom stereocenters. The summed E-state index contributed by atoms with van der Waals surface area (Å²) in [6.45, 7) is 4.20. The Kier molecular flexibility index (Phi) is 6.23. The highest BCUT2D eigenvalue weighted by molar-refractivity contribution is 6.30. The van der Waals surface area contributed by atoms with Crippen LogP contribution in [0.1, 0.15) is 25.3 Å². The summed E-state index contributed by atoms with van der Waals surface area (Å²) in [5, 5.41) is 1.05. The third-order valence-electron chi connectivity index (χ3n) is 6.05. The number of ether oxygens (including phenoxy) is 1. The number of fused-ring (bicyclic) bond motifs is 1. The predicted molar refractivity (Wildman–Crippen MR) is 119 cm³/mol. The molecule has 1 aromatic heterocycles. The van der Waals surface area contributed by atoms with Gasteiger partial charge in [-0.1, -0.05) is 23.7 Å². The molecule has 4 nitrogen and oxygen atoms in total. The standard InChI is InChI=1S/C24H24ClF3N2O2/c1-23(32-19-8-6-18(25)7-9-19)11-13-29(14-12-23)15-16-30-21(31)10-5-17-3-2-4-20(22(17)30)24(26,27)28/h2-10H,11-16H2,1H3. The Labute approximate surface area is 189 Å². The van der Waals surface area contributed by atoms with E-state index in [1.807, 2.05) is 12.1 Å². The van der Waals surface area contributed by atoms with Crippen LogP contribution in [-0.2, 0) is 12.7 Å². The van der Waals surface area contributed by atoms with E-state index >= 15 is 0 Å². The summed E-state index contributed by atoms with van der Waals surface area (Å²) in [5.74, 6) is 0.757. The van der Waals surface area contributed by atoms with Crippen molar-refractivity contribution >= 4 is 22.5 Å². The number of nitrogens with zero attached hydrogens (tertiary/aromatic N) is 2. The number of pyridine rings is 1. The lowest BCUT2D eigenvalue weighted by Gasteiger charge is -2.39. The van der Waals surface area contributed by atoms with Crippen LogP contribution in [0.25, 0.3) is 10.9 Å². The zero-order valence-electron chi connectivity index (χ0n) is 17.7. The first-order valence-corrected chi connectivity index (χ1v) is 10.9. The fraction of sp³-hybridized carbons (Fsp3) is 0.375. The predicted octanol–water partition coefficient (Wildman–Crippen LogP) is 5.61. The highest BCUT2D eigenvalue weighted by atomic mass is 35.5. The Morgan fingerprint density at radius 3 is 2.34 bits per heavy atom. The van der Waals surface area contributed by atoms with E-state index in [0.717, 1.165) is 37.7 Å². The number of piperidine rings is 1.